The fourth-order valence-electron chi connectivity index (χ4n) is 2.15. The summed E-state index contributed by atoms with van der Waals surface area (Å²) in [5.41, 5.74) is 4.65. The van der Waals surface area contributed by atoms with Crippen LogP contribution in [0.2, 0.25) is 0 Å². The van der Waals surface area contributed by atoms with Crippen molar-refractivity contribution in [3.05, 3.63) is 40.8 Å². The molecule has 1 aromatic carbocycles. The molecule has 2 aromatic rings. The van der Waals surface area contributed by atoms with Gasteiger partial charge in [0, 0.05) is 16.8 Å². The van der Waals surface area contributed by atoms with Crippen molar-refractivity contribution < 1.29 is 9.53 Å². The van der Waals surface area contributed by atoms with Gasteiger partial charge >= 0.3 is 6.09 Å². The smallest absolute Gasteiger partial charge is 0.414 e. The van der Waals surface area contributed by atoms with Gasteiger partial charge in [-0.25, -0.2) is 9.78 Å². The van der Waals surface area contributed by atoms with Crippen LogP contribution in [-0.4, -0.2) is 24.2 Å². The molecule has 1 unspecified atom stereocenters. The first-order valence-electron chi connectivity index (χ1n) is 6.43. The van der Waals surface area contributed by atoms with E-state index in [9.17, 15) is 4.79 Å². The summed E-state index contributed by atoms with van der Waals surface area (Å²) >= 11 is 1.58. The number of nitrogens with one attached hydrogen (secondary N) is 1. The number of thiazole rings is 1. The van der Waals surface area contributed by atoms with Crippen molar-refractivity contribution in [2.45, 2.75) is 13.0 Å². The van der Waals surface area contributed by atoms with Gasteiger partial charge in [0.25, 0.3) is 0 Å². The summed E-state index contributed by atoms with van der Waals surface area (Å²) in [7, 11) is 0. The molecule has 20 heavy (non-hydrogen) atoms. The number of carbonyl (C=O) groups excluding carboxylic acids is 1. The molecule has 0 radical (unpaired) electrons. The molecule has 0 bridgehead atoms. The zero-order valence-electron chi connectivity index (χ0n) is 11.1. The molecule has 1 saturated heterocycles. The molecular formula is C14H15N3O2S. The summed E-state index contributed by atoms with van der Waals surface area (Å²) in [5, 5.41) is 5.42. The Morgan fingerprint density at radius 2 is 2.40 bits per heavy atom. The highest BCUT2D eigenvalue weighted by Crippen LogP contribution is 2.25. The van der Waals surface area contributed by atoms with E-state index in [1.807, 2.05) is 35.2 Å². The van der Waals surface area contributed by atoms with Crippen LogP contribution in [0.25, 0.3) is 0 Å². The molecule has 1 N–H and O–H groups in total. The number of cyclic esters (lactones) is 1. The first-order valence-corrected chi connectivity index (χ1v) is 7.37. The van der Waals surface area contributed by atoms with E-state index in [4.69, 9.17) is 4.74 Å². The van der Waals surface area contributed by atoms with E-state index in [1.54, 1.807) is 16.2 Å². The van der Waals surface area contributed by atoms with Crippen molar-refractivity contribution in [3.8, 4) is 0 Å². The van der Waals surface area contributed by atoms with Crippen molar-refractivity contribution in [3.63, 3.8) is 0 Å². The molecule has 0 aliphatic carbocycles. The largest absolute Gasteiger partial charge is 0.447 e. The van der Waals surface area contributed by atoms with E-state index < -0.39 is 0 Å². The molecule has 1 aliphatic heterocycles. The third-order valence-electron chi connectivity index (χ3n) is 3.20. The van der Waals surface area contributed by atoms with E-state index in [0.29, 0.717) is 13.2 Å². The van der Waals surface area contributed by atoms with Crippen LogP contribution >= 0.6 is 11.3 Å². The predicted octanol–water partition coefficient (Wildman–Crippen LogP) is 3.27. The highest BCUT2D eigenvalue weighted by Gasteiger charge is 2.23. The third kappa shape index (κ3) is 2.60. The monoisotopic (exact) mass is 289 g/mol. The van der Waals surface area contributed by atoms with Gasteiger partial charge in [0.05, 0.1) is 23.8 Å². The van der Waals surface area contributed by atoms with E-state index in [2.05, 4.69) is 17.2 Å². The molecule has 0 saturated carbocycles. The number of benzene rings is 1. The summed E-state index contributed by atoms with van der Waals surface area (Å²) in [6.07, 6.45) is -0.283. The minimum absolute atomic E-state index is 0.127. The number of ether oxygens (including phenoxy) is 1. The highest BCUT2D eigenvalue weighted by atomic mass is 32.1. The Morgan fingerprint density at radius 3 is 3.10 bits per heavy atom. The van der Waals surface area contributed by atoms with Crippen LogP contribution in [-0.2, 0) is 4.74 Å². The molecular weight excluding hydrogens is 274 g/mol. The van der Waals surface area contributed by atoms with Crippen LogP contribution in [0.4, 0.5) is 16.2 Å². The zero-order chi connectivity index (χ0) is 13.9. The van der Waals surface area contributed by atoms with Crippen molar-refractivity contribution >= 4 is 28.8 Å². The Labute approximate surface area is 121 Å². The van der Waals surface area contributed by atoms with Gasteiger partial charge in [-0.15, -0.1) is 11.3 Å². The maximum absolute atomic E-state index is 11.6. The summed E-state index contributed by atoms with van der Waals surface area (Å²) in [6, 6.07) is 7.90. The van der Waals surface area contributed by atoms with Gasteiger partial charge < -0.3 is 10.1 Å². The summed E-state index contributed by atoms with van der Waals surface area (Å²) in [5.74, 6) is 0. The molecule has 1 aliphatic rings. The molecule has 0 spiro atoms. The molecule has 1 amide bonds. The van der Waals surface area contributed by atoms with Gasteiger partial charge in [0.1, 0.15) is 6.61 Å². The van der Waals surface area contributed by atoms with Gasteiger partial charge in [0.15, 0.2) is 0 Å². The van der Waals surface area contributed by atoms with E-state index >= 15 is 0 Å². The van der Waals surface area contributed by atoms with E-state index in [-0.39, 0.29) is 12.1 Å². The quantitative estimate of drug-likeness (QED) is 0.938. The van der Waals surface area contributed by atoms with Crippen LogP contribution < -0.4 is 10.2 Å². The molecule has 5 nitrogen and oxygen atoms in total. The normalized spacial score (nSPS) is 16.1. The Bertz CT molecular complexity index is 600. The minimum atomic E-state index is -0.283. The van der Waals surface area contributed by atoms with Gasteiger partial charge in [-0.1, -0.05) is 6.07 Å². The highest BCUT2D eigenvalue weighted by molar-refractivity contribution is 7.07. The first-order chi connectivity index (χ1) is 9.74. The van der Waals surface area contributed by atoms with Gasteiger partial charge in [-0.2, -0.15) is 0 Å². The topological polar surface area (TPSA) is 54.5 Å². The van der Waals surface area contributed by atoms with Crippen molar-refractivity contribution in [2.24, 2.45) is 0 Å². The van der Waals surface area contributed by atoms with Crippen molar-refractivity contribution in [1.29, 1.82) is 0 Å². The van der Waals surface area contributed by atoms with Gasteiger partial charge in [0.2, 0.25) is 0 Å². The lowest BCUT2D eigenvalue weighted by atomic mass is 10.2. The third-order valence-corrected chi connectivity index (χ3v) is 3.80. The minimum Gasteiger partial charge on any atom is -0.447 e. The Hall–Kier alpha value is -2.08. The average molecular weight is 289 g/mol. The van der Waals surface area contributed by atoms with Crippen LogP contribution in [0.15, 0.2) is 35.2 Å². The zero-order valence-corrected chi connectivity index (χ0v) is 11.9. The molecule has 104 valence electrons. The van der Waals surface area contributed by atoms with Gasteiger partial charge in [-0.3, -0.25) is 4.90 Å². The second kappa shape index (κ2) is 5.50. The SMILES string of the molecule is CC(Nc1cccc(N2CCOC2=O)c1)c1cscn1. The lowest BCUT2D eigenvalue weighted by molar-refractivity contribution is 0.181. The fraction of sp³-hybridized carbons (Fsp3) is 0.286. The Balaban J connectivity index is 1.76. The number of hydrogen-bond donors (Lipinski definition) is 1. The molecule has 1 fully saturated rings. The summed E-state index contributed by atoms with van der Waals surface area (Å²) in [4.78, 5) is 17.5. The second-order valence-electron chi connectivity index (χ2n) is 4.60. The molecule has 1 atom stereocenters. The summed E-state index contributed by atoms with van der Waals surface area (Å²) in [6.45, 7) is 3.11. The maximum atomic E-state index is 11.6. The molecule has 3 rings (SSSR count). The standard InChI is InChI=1S/C14H15N3O2S/c1-10(13-8-20-9-15-13)16-11-3-2-4-12(7-11)17-5-6-19-14(17)18/h2-4,7-10,16H,5-6H2,1H3. The number of aromatic nitrogens is 1. The lowest BCUT2D eigenvalue weighted by Gasteiger charge is -2.17. The number of hydrogen-bond acceptors (Lipinski definition) is 5. The Kier molecular flexibility index (Phi) is 3.56. The Morgan fingerprint density at radius 1 is 1.50 bits per heavy atom. The maximum Gasteiger partial charge on any atom is 0.414 e. The van der Waals surface area contributed by atoms with Crippen LogP contribution in [0.1, 0.15) is 18.7 Å². The van der Waals surface area contributed by atoms with Gasteiger partial charge in [-0.05, 0) is 25.1 Å². The average Bonchev–Trinajstić information content (AvgIpc) is 3.10. The van der Waals surface area contributed by atoms with E-state index in [0.717, 1.165) is 17.1 Å². The molecule has 2 heterocycles. The van der Waals surface area contributed by atoms with Crippen LogP contribution in [0, 0.1) is 0 Å². The lowest BCUT2D eigenvalue weighted by Crippen LogP contribution is -2.23. The summed E-state index contributed by atoms with van der Waals surface area (Å²) < 4.78 is 4.96. The second-order valence-corrected chi connectivity index (χ2v) is 5.31. The molecule has 6 heteroatoms. The van der Waals surface area contributed by atoms with Crippen molar-refractivity contribution in [2.75, 3.05) is 23.4 Å². The van der Waals surface area contributed by atoms with Crippen molar-refractivity contribution in [1.82, 2.24) is 4.98 Å². The number of nitrogens with zero attached hydrogens (tertiary/aromatic N) is 2. The van der Waals surface area contributed by atoms with E-state index in [1.165, 1.54) is 0 Å². The van der Waals surface area contributed by atoms with Crippen LogP contribution in [0.5, 0.6) is 0 Å². The predicted molar refractivity (Wildman–Crippen MR) is 79.3 cm³/mol. The first kappa shape index (κ1) is 12.9. The molecule has 1 aromatic heterocycles. The number of amides is 1. The van der Waals surface area contributed by atoms with Crippen LogP contribution in [0.3, 0.4) is 0 Å². The number of carbonyl (C=O) groups is 1. The number of rotatable bonds is 4. The fourth-order valence-corrected chi connectivity index (χ4v) is 2.80. The number of anilines is 2.